The maximum absolute atomic E-state index is 13.2. The third kappa shape index (κ3) is 2.81. The van der Waals surface area contributed by atoms with Gasteiger partial charge in [0.1, 0.15) is 5.82 Å². The summed E-state index contributed by atoms with van der Waals surface area (Å²) in [6.45, 7) is 2.09. The van der Waals surface area contributed by atoms with E-state index in [-0.39, 0.29) is 5.82 Å². The van der Waals surface area contributed by atoms with Crippen molar-refractivity contribution < 1.29 is 4.39 Å². The minimum Gasteiger partial charge on any atom is -0.256 e. The van der Waals surface area contributed by atoms with Gasteiger partial charge < -0.3 is 0 Å². The number of pyridine rings is 1. The molecule has 0 radical (unpaired) electrons. The van der Waals surface area contributed by atoms with Crippen LogP contribution in [-0.2, 0) is 0 Å². The number of hydrogen-bond donors (Lipinski definition) is 0. The van der Waals surface area contributed by atoms with E-state index in [1.165, 1.54) is 43.4 Å². The predicted molar refractivity (Wildman–Crippen MR) is 113 cm³/mol. The van der Waals surface area contributed by atoms with E-state index in [0.717, 1.165) is 16.8 Å². The molecule has 3 heteroatoms. The summed E-state index contributed by atoms with van der Waals surface area (Å²) in [6, 6.07) is 23.7. The van der Waals surface area contributed by atoms with Crippen LogP contribution >= 0.6 is 11.3 Å². The molecule has 0 N–H and O–H groups in total. The molecule has 5 aromatic rings. The molecule has 27 heavy (non-hydrogen) atoms. The van der Waals surface area contributed by atoms with Crippen molar-refractivity contribution in [3.05, 3.63) is 90.4 Å². The van der Waals surface area contributed by atoms with Crippen LogP contribution < -0.4 is 0 Å². The van der Waals surface area contributed by atoms with Crippen molar-refractivity contribution in [2.45, 2.75) is 6.92 Å². The zero-order chi connectivity index (χ0) is 18.4. The Bertz CT molecular complexity index is 1290. The average Bonchev–Trinajstić information content (AvgIpc) is 3.06. The Balaban J connectivity index is 1.72. The Labute approximate surface area is 160 Å². The molecule has 0 atom stereocenters. The number of hydrogen-bond acceptors (Lipinski definition) is 2. The van der Waals surface area contributed by atoms with Gasteiger partial charge in [-0.05, 0) is 53.9 Å². The van der Waals surface area contributed by atoms with Gasteiger partial charge in [-0.25, -0.2) is 4.39 Å². The average molecular weight is 369 g/mol. The summed E-state index contributed by atoms with van der Waals surface area (Å²) in [4.78, 5) is 4.57. The van der Waals surface area contributed by atoms with E-state index >= 15 is 0 Å². The third-order valence-corrected chi connectivity index (χ3v) is 6.07. The molecule has 0 aliphatic carbocycles. The number of rotatable bonds is 2. The zero-order valence-corrected chi connectivity index (χ0v) is 15.6. The van der Waals surface area contributed by atoms with Crippen molar-refractivity contribution in [2.24, 2.45) is 0 Å². The Morgan fingerprint density at radius 1 is 0.815 bits per heavy atom. The molecule has 130 valence electrons. The minimum atomic E-state index is -0.211. The summed E-state index contributed by atoms with van der Waals surface area (Å²) >= 11 is 1.79. The number of nitrogens with zero attached hydrogens (tertiary/aromatic N) is 1. The first kappa shape index (κ1) is 16.2. The molecular formula is C24H16FNS. The van der Waals surface area contributed by atoms with Crippen molar-refractivity contribution in [2.75, 3.05) is 0 Å². The zero-order valence-electron chi connectivity index (χ0n) is 14.7. The summed E-state index contributed by atoms with van der Waals surface area (Å²) in [5.41, 5.74) is 5.50. The molecule has 0 unspecified atom stereocenters. The Hall–Kier alpha value is -3.04. The van der Waals surface area contributed by atoms with E-state index < -0.39 is 0 Å². The highest BCUT2D eigenvalue weighted by Gasteiger charge is 2.12. The quantitative estimate of drug-likeness (QED) is 0.320. The van der Waals surface area contributed by atoms with Gasteiger partial charge in [0.05, 0.1) is 5.69 Å². The minimum absolute atomic E-state index is 0.211. The number of halogens is 1. The molecular weight excluding hydrogens is 353 g/mol. The van der Waals surface area contributed by atoms with Gasteiger partial charge in [0.25, 0.3) is 0 Å². The fourth-order valence-electron chi connectivity index (χ4n) is 3.51. The summed E-state index contributed by atoms with van der Waals surface area (Å²) in [5.74, 6) is -0.211. The van der Waals surface area contributed by atoms with Crippen molar-refractivity contribution in [3.63, 3.8) is 0 Å². The maximum atomic E-state index is 13.2. The van der Waals surface area contributed by atoms with Crippen LogP contribution in [0.2, 0.25) is 0 Å². The van der Waals surface area contributed by atoms with E-state index in [0.29, 0.717) is 0 Å². The Morgan fingerprint density at radius 2 is 1.63 bits per heavy atom. The van der Waals surface area contributed by atoms with Gasteiger partial charge in [0.2, 0.25) is 0 Å². The van der Waals surface area contributed by atoms with Crippen LogP contribution in [0.15, 0.2) is 79.0 Å². The largest absolute Gasteiger partial charge is 0.256 e. The van der Waals surface area contributed by atoms with Crippen LogP contribution in [0.1, 0.15) is 5.56 Å². The highest BCUT2D eigenvalue weighted by Crippen LogP contribution is 2.40. The first-order valence-electron chi connectivity index (χ1n) is 8.83. The molecule has 0 saturated heterocycles. The summed E-state index contributed by atoms with van der Waals surface area (Å²) in [6.07, 6.45) is 1.86. The van der Waals surface area contributed by atoms with E-state index in [2.05, 4.69) is 54.4 Å². The van der Waals surface area contributed by atoms with E-state index in [4.69, 9.17) is 0 Å². The van der Waals surface area contributed by atoms with Crippen LogP contribution in [0.5, 0.6) is 0 Å². The Morgan fingerprint density at radius 3 is 2.44 bits per heavy atom. The lowest BCUT2D eigenvalue weighted by molar-refractivity contribution is 0.628. The van der Waals surface area contributed by atoms with Crippen molar-refractivity contribution >= 4 is 31.5 Å². The molecule has 1 nitrogen and oxygen atoms in total. The number of aryl methyl sites for hydroxylation is 1. The molecule has 3 aromatic carbocycles. The smallest absolute Gasteiger partial charge is 0.123 e. The first-order chi connectivity index (χ1) is 13.2. The SMILES string of the molecule is Cc1ccnc(-c2cccc3c2sc2cc(-c4ccc(F)cc4)ccc23)c1. The lowest BCUT2D eigenvalue weighted by Gasteiger charge is -2.03. The van der Waals surface area contributed by atoms with E-state index in [1.54, 1.807) is 11.3 Å². The molecule has 0 saturated carbocycles. The number of fused-ring (bicyclic) bond motifs is 3. The second-order valence-corrected chi connectivity index (χ2v) is 7.77. The molecule has 5 rings (SSSR count). The molecule has 0 amide bonds. The lowest BCUT2D eigenvalue weighted by atomic mass is 10.0. The molecule has 2 heterocycles. The fraction of sp³-hybridized carbons (Fsp3) is 0.0417. The standard InChI is InChI=1S/C24H16FNS/c1-15-11-12-26-22(13-15)21-4-2-3-20-19-10-7-17(14-23(19)27-24(20)21)16-5-8-18(25)9-6-16/h2-14H,1H3. The number of thiophene rings is 1. The van der Waals surface area contributed by atoms with Gasteiger partial charge in [-0.1, -0.05) is 42.5 Å². The normalized spacial score (nSPS) is 11.3. The highest BCUT2D eigenvalue weighted by molar-refractivity contribution is 7.26. The molecule has 0 spiro atoms. The van der Waals surface area contributed by atoms with Crippen molar-refractivity contribution in [1.82, 2.24) is 4.98 Å². The fourth-order valence-corrected chi connectivity index (χ4v) is 4.77. The molecule has 0 bridgehead atoms. The number of benzene rings is 3. The molecule has 2 aromatic heterocycles. The molecule has 0 fully saturated rings. The van der Waals surface area contributed by atoms with Gasteiger partial charge >= 0.3 is 0 Å². The van der Waals surface area contributed by atoms with E-state index in [9.17, 15) is 4.39 Å². The van der Waals surface area contributed by atoms with Crippen LogP contribution in [0.4, 0.5) is 4.39 Å². The van der Waals surface area contributed by atoms with Gasteiger partial charge in [0, 0.05) is 31.9 Å². The van der Waals surface area contributed by atoms with Gasteiger partial charge in [-0.3, -0.25) is 4.98 Å². The third-order valence-electron chi connectivity index (χ3n) is 4.87. The predicted octanol–water partition coefficient (Wildman–Crippen LogP) is 7.23. The van der Waals surface area contributed by atoms with Crippen molar-refractivity contribution in [1.29, 1.82) is 0 Å². The van der Waals surface area contributed by atoms with Gasteiger partial charge in [0.15, 0.2) is 0 Å². The van der Waals surface area contributed by atoms with Crippen LogP contribution in [0.3, 0.4) is 0 Å². The van der Waals surface area contributed by atoms with Crippen molar-refractivity contribution in [3.8, 4) is 22.4 Å². The summed E-state index contributed by atoms with van der Waals surface area (Å²) in [5, 5.41) is 2.50. The second kappa shape index (κ2) is 6.29. The van der Waals surface area contributed by atoms with E-state index in [1.807, 2.05) is 24.4 Å². The highest BCUT2D eigenvalue weighted by atomic mass is 32.1. The maximum Gasteiger partial charge on any atom is 0.123 e. The molecule has 0 aliphatic rings. The lowest BCUT2D eigenvalue weighted by Crippen LogP contribution is -1.84. The summed E-state index contributed by atoms with van der Waals surface area (Å²) < 4.78 is 15.7. The van der Waals surface area contributed by atoms with Crippen LogP contribution in [0.25, 0.3) is 42.6 Å². The first-order valence-corrected chi connectivity index (χ1v) is 9.65. The van der Waals surface area contributed by atoms with Gasteiger partial charge in [-0.15, -0.1) is 11.3 Å². The molecule has 0 aliphatic heterocycles. The van der Waals surface area contributed by atoms with Crippen LogP contribution in [0, 0.1) is 12.7 Å². The monoisotopic (exact) mass is 369 g/mol. The topological polar surface area (TPSA) is 12.9 Å². The van der Waals surface area contributed by atoms with Crippen LogP contribution in [-0.4, -0.2) is 4.98 Å². The van der Waals surface area contributed by atoms with Gasteiger partial charge in [-0.2, -0.15) is 0 Å². The summed E-state index contributed by atoms with van der Waals surface area (Å²) in [7, 11) is 0. The second-order valence-electron chi connectivity index (χ2n) is 6.72. The Kier molecular flexibility index (Phi) is 3.76. The number of aromatic nitrogens is 1.